The first-order valence-corrected chi connectivity index (χ1v) is 9.43. The summed E-state index contributed by atoms with van der Waals surface area (Å²) < 4.78 is 5.48. The first-order chi connectivity index (χ1) is 12.1. The van der Waals surface area contributed by atoms with E-state index >= 15 is 0 Å². The van der Waals surface area contributed by atoms with Crippen molar-refractivity contribution in [3.8, 4) is 0 Å². The van der Waals surface area contributed by atoms with Crippen LogP contribution in [-0.2, 0) is 4.74 Å². The van der Waals surface area contributed by atoms with E-state index in [9.17, 15) is 0 Å². The van der Waals surface area contributed by atoms with E-state index in [0.717, 1.165) is 51.9 Å². The van der Waals surface area contributed by atoms with E-state index in [4.69, 9.17) is 4.74 Å². The molecule has 0 aliphatic carbocycles. The van der Waals surface area contributed by atoms with Crippen LogP contribution in [-0.4, -0.2) is 74.3 Å². The van der Waals surface area contributed by atoms with Gasteiger partial charge in [-0.15, -0.1) is 24.0 Å². The molecule has 0 amide bonds. The minimum atomic E-state index is 0. The molecule has 2 heterocycles. The lowest BCUT2D eigenvalue weighted by Crippen LogP contribution is -2.56. The van der Waals surface area contributed by atoms with E-state index in [1.807, 2.05) is 7.05 Å². The van der Waals surface area contributed by atoms with E-state index in [1.54, 1.807) is 0 Å². The Hall–Kier alpha value is -0.860. The molecule has 0 spiro atoms. The van der Waals surface area contributed by atoms with Crippen LogP contribution in [0, 0.1) is 0 Å². The third kappa shape index (κ3) is 5.33. The van der Waals surface area contributed by atoms with Gasteiger partial charge in [0, 0.05) is 51.2 Å². The molecule has 0 bridgehead atoms. The van der Waals surface area contributed by atoms with Crippen molar-refractivity contribution < 1.29 is 4.74 Å². The highest BCUT2D eigenvalue weighted by atomic mass is 127. The van der Waals surface area contributed by atoms with E-state index in [-0.39, 0.29) is 29.5 Å². The van der Waals surface area contributed by atoms with E-state index in [1.165, 1.54) is 12.0 Å². The minimum absolute atomic E-state index is 0. The first kappa shape index (κ1) is 21.4. The van der Waals surface area contributed by atoms with Crippen LogP contribution >= 0.6 is 24.0 Å². The molecular formula is C20H33IN4O. The number of likely N-dealkylation sites (tertiary alicyclic amines) is 1. The minimum Gasteiger partial charge on any atom is -0.379 e. The summed E-state index contributed by atoms with van der Waals surface area (Å²) in [5.41, 5.74) is 1.53. The Balaban J connectivity index is 0.00000243. The van der Waals surface area contributed by atoms with Crippen LogP contribution in [0.15, 0.2) is 35.3 Å². The van der Waals surface area contributed by atoms with Gasteiger partial charge in [-0.1, -0.05) is 30.3 Å². The Labute approximate surface area is 175 Å². The second kappa shape index (κ2) is 9.90. The van der Waals surface area contributed by atoms with Gasteiger partial charge in [0.25, 0.3) is 0 Å². The predicted octanol–water partition coefficient (Wildman–Crippen LogP) is 2.78. The van der Waals surface area contributed by atoms with Gasteiger partial charge in [0.15, 0.2) is 5.96 Å². The zero-order valence-electron chi connectivity index (χ0n) is 16.3. The average Bonchev–Trinajstić information content (AvgIpc) is 3.14. The highest BCUT2D eigenvalue weighted by molar-refractivity contribution is 14.0. The SMILES string of the molecule is CN=C(NCC(C)(C)N1CCOCC1)N1CCC(c2ccccc2)C1.I. The number of aliphatic imine (C=N–C) groups is 1. The number of nitrogens with zero attached hydrogens (tertiary/aromatic N) is 3. The van der Waals surface area contributed by atoms with E-state index in [2.05, 4.69) is 64.3 Å². The number of guanidine groups is 1. The van der Waals surface area contributed by atoms with Gasteiger partial charge in [-0.3, -0.25) is 9.89 Å². The van der Waals surface area contributed by atoms with Crippen LogP contribution in [0.3, 0.4) is 0 Å². The maximum Gasteiger partial charge on any atom is 0.193 e. The number of benzene rings is 1. The number of rotatable bonds is 4. The fraction of sp³-hybridized carbons (Fsp3) is 0.650. The van der Waals surface area contributed by atoms with Gasteiger partial charge >= 0.3 is 0 Å². The number of halogens is 1. The summed E-state index contributed by atoms with van der Waals surface area (Å²) in [6.45, 7) is 11.3. The lowest BCUT2D eigenvalue weighted by Gasteiger charge is -2.41. The van der Waals surface area contributed by atoms with E-state index < -0.39 is 0 Å². The molecule has 2 saturated heterocycles. The molecule has 2 aliphatic heterocycles. The highest BCUT2D eigenvalue weighted by Crippen LogP contribution is 2.27. The Morgan fingerprint density at radius 2 is 1.88 bits per heavy atom. The Morgan fingerprint density at radius 1 is 1.19 bits per heavy atom. The molecule has 26 heavy (non-hydrogen) atoms. The predicted molar refractivity (Wildman–Crippen MR) is 119 cm³/mol. The molecule has 2 aliphatic rings. The smallest absolute Gasteiger partial charge is 0.193 e. The van der Waals surface area contributed by atoms with Crippen molar-refractivity contribution in [3.05, 3.63) is 35.9 Å². The summed E-state index contributed by atoms with van der Waals surface area (Å²) in [5, 5.41) is 3.61. The fourth-order valence-electron chi connectivity index (χ4n) is 3.86. The van der Waals surface area contributed by atoms with Gasteiger partial charge in [0.2, 0.25) is 0 Å². The number of nitrogens with one attached hydrogen (secondary N) is 1. The summed E-state index contributed by atoms with van der Waals surface area (Å²) >= 11 is 0. The van der Waals surface area contributed by atoms with Gasteiger partial charge in [-0.25, -0.2) is 0 Å². The van der Waals surface area contributed by atoms with Crippen LogP contribution in [0.5, 0.6) is 0 Å². The lowest BCUT2D eigenvalue weighted by molar-refractivity contribution is -0.00846. The van der Waals surface area contributed by atoms with Crippen LogP contribution in [0.1, 0.15) is 31.7 Å². The first-order valence-electron chi connectivity index (χ1n) is 9.43. The summed E-state index contributed by atoms with van der Waals surface area (Å²) in [5.74, 6) is 1.63. The number of hydrogen-bond acceptors (Lipinski definition) is 3. The lowest BCUT2D eigenvalue weighted by atomic mass is 9.99. The van der Waals surface area contributed by atoms with Crippen molar-refractivity contribution in [2.24, 2.45) is 4.99 Å². The normalized spacial score (nSPS) is 22.2. The summed E-state index contributed by atoms with van der Waals surface area (Å²) in [6, 6.07) is 10.8. The Bertz CT molecular complexity index is 572. The summed E-state index contributed by atoms with van der Waals surface area (Å²) in [7, 11) is 1.89. The highest BCUT2D eigenvalue weighted by Gasteiger charge is 2.30. The molecule has 0 saturated carbocycles. The molecule has 5 nitrogen and oxygen atoms in total. The number of ether oxygens (including phenoxy) is 1. The van der Waals surface area contributed by atoms with Gasteiger partial charge in [-0.05, 0) is 25.8 Å². The standard InChI is InChI=1S/C20H32N4O.HI/c1-20(2,24-11-13-25-14-12-24)16-22-19(21-3)23-10-9-18(15-23)17-7-5-4-6-8-17;/h4-8,18H,9-16H2,1-3H3,(H,21,22);1H. The molecule has 146 valence electrons. The largest absolute Gasteiger partial charge is 0.379 e. The summed E-state index contributed by atoms with van der Waals surface area (Å²) in [6.07, 6.45) is 1.19. The number of morpholine rings is 1. The molecule has 1 atom stereocenters. The molecule has 2 fully saturated rings. The third-order valence-electron chi connectivity index (χ3n) is 5.52. The quantitative estimate of drug-likeness (QED) is 0.416. The monoisotopic (exact) mass is 472 g/mol. The Kier molecular flexibility index (Phi) is 8.16. The van der Waals surface area contributed by atoms with Gasteiger partial charge in [-0.2, -0.15) is 0 Å². The van der Waals surface area contributed by atoms with Crippen LogP contribution in [0.25, 0.3) is 0 Å². The van der Waals surface area contributed by atoms with Crippen LogP contribution in [0.2, 0.25) is 0 Å². The third-order valence-corrected chi connectivity index (χ3v) is 5.52. The molecule has 3 rings (SSSR count). The second-order valence-electron chi connectivity index (χ2n) is 7.65. The maximum absolute atomic E-state index is 5.48. The number of hydrogen-bond donors (Lipinski definition) is 1. The van der Waals surface area contributed by atoms with Crippen LogP contribution < -0.4 is 5.32 Å². The summed E-state index contributed by atoms with van der Waals surface area (Å²) in [4.78, 5) is 9.44. The topological polar surface area (TPSA) is 40.1 Å². The van der Waals surface area contributed by atoms with Crippen molar-refractivity contribution in [1.29, 1.82) is 0 Å². The second-order valence-corrected chi connectivity index (χ2v) is 7.65. The van der Waals surface area contributed by atoms with Crippen molar-refractivity contribution in [1.82, 2.24) is 15.1 Å². The molecule has 0 aromatic heterocycles. The zero-order chi connectivity index (χ0) is 17.7. The van der Waals surface area contributed by atoms with Crippen molar-refractivity contribution in [3.63, 3.8) is 0 Å². The molecule has 1 aromatic carbocycles. The fourth-order valence-corrected chi connectivity index (χ4v) is 3.86. The molecule has 1 aromatic rings. The maximum atomic E-state index is 5.48. The zero-order valence-corrected chi connectivity index (χ0v) is 18.6. The average molecular weight is 472 g/mol. The van der Waals surface area contributed by atoms with Crippen molar-refractivity contribution >= 4 is 29.9 Å². The van der Waals surface area contributed by atoms with Gasteiger partial charge < -0.3 is 15.0 Å². The molecule has 6 heteroatoms. The molecule has 0 radical (unpaired) electrons. The van der Waals surface area contributed by atoms with Gasteiger partial charge in [0.05, 0.1) is 13.2 Å². The van der Waals surface area contributed by atoms with E-state index in [0.29, 0.717) is 5.92 Å². The van der Waals surface area contributed by atoms with Crippen molar-refractivity contribution in [2.75, 3.05) is 53.0 Å². The molecular weight excluding hydrogens is 439 g/mol. The Morgan fingerprint density at radius 3 is 2.54 bits per heavy atom. The van der Waals surface area contributed by atoms with Gasteiger partial charge in [0.1, 0.15) is 0 Å². The van der Waals surface area contributed by atoms with Crippen molar-refractivity contribution in [2.45, 2.75) is 31.7 Å². The van der Waals surface area contributed by atoms with Crippen LogP contribution in [0.4, 0.5) is 0 Å². The molecule has 1 N–H and O–H groups in total. The molecule has 1 unspecified atom stereocenters.